The van der Waals surface area contributed by atoms with Gasteiger partial charge in [-0.1, -0.05) is 5.16 Å². The summed E-state index contributed by atoms with van der Waals surface area (Å²) >= 11 is 0. The Morgan fingerprint density at radius 1 is 1.54 bits per heavy atom. The number of phenols is 1. The lowest BCUT2D eigenvalue weighted by molar-refractivity contribution is 0.211. The summed E-state index contributed by atoms with van der Waals surface area (Å²) in [5.41, 5.74) is 1.62. The Morgan fingerprint density at radius 2 is 2.38 bits per heavy atom. The van der Waals surface area contributed by atoms with Gasteiger partial charge in [-0.05, 0) is 12.1 Å². The van der Waals surface area contributed by atoms with Crippen molar-refractivity contribution in [1.82, 2.24) is 0 Å². The van der Waals surface area contributed by atoms with E-state index >= 15 is 0 Å². The lowest BCUT2D eigenvalue weighted by Gasteiger charge is -1.97. The average molecular weight is 179 g/mol. The highest BCUT2D eigenvalue weighted by Crippen LogP contribution is 2.29. The smallest absolute Gasteiger partial charge is 0.134 e. The molecule has 1 aliphatic heterocycles. The van der Waals surface area contributed by atoms with Crippen LogP contribution in [0.4, 0.5) is 0 Å². The zero-order valence-electron chi connectivity index (χ0n) is 7.15. The third kappa shape index (κ3) is 1.30. The molecule has 0 atom stereocenters. The van der Waals surface area contributed by atoms with Gasteiger partial charge in [0.2, 0.25) is 0 Å². The van der Waals surface area contributed by atoms with Gasteiger partial charge in [0, 0.05) is 11.6 Å². The molecule has 13 heavy (non-hydrogen) atoms. The lowest BCUT2D eigenvalue weighted by atomic mass is 10.1. The molecule has 0 bridgehead atoms. The molecule has 0 unspecified atom stereocenters. The molecule has 0 saturated heterocycles. The van der Waals surface area contributed by atoms with Gasteiger partial charge in [-0.25, -0.2) is 0 Å². The van der Waals surface area contributed by atoms with E-state index in [-0.39, 0.29) is 5.75 Å². The van der Waals surface area contributed by atoms with Gasteiger partial charge in [0.05, 0.1) is 0 Å². The first-order chi connectivity index (χ1) is 6.31. The first-order valence-corrected chi connectivity index (χ1v) is 3.87. The van der Waals surface area contributed by atoms with Crippen LogP contribution in [0.5, 0.6) is 11.5 Å². The zero-order chi connectivity index (χ0) is 9.26. The van der Waals surface area contributed by atoms with Gasteiger partial charge in [-0.2, -0.15) is 0 Å². The second-order valence-corrected chi connectivity index (χ2v) is 2.69. The van der Waals surface area contributed by atoms with E-state index in [0.717, 1.165) is 11.3 Å². The third-order valence-electron chi connectivity index (χ3n) is 1.84. The Labute approximate surface area is 75.4 Å². The van der Waals surface area contributed by atoms with E-state index in [1.807, 2.05) is 0 Å². The Balaban J connectivity index is 2.44. The fourth-order valence-electron chi connectivity index (χ4n) is 1.28. The highest BCUT2D eigenvalue weighted by molar-refractivity contribution is 6.06. The number of phenolic OH excluding ortho intramolecular Hbond substituents is 1. The van der Waals surface area contributed by atoms with Crippen LogP contribution >= 0.6 is 0 Å². The van der Waals surface area contributed by atoms with Crippen LogP contribution in [0, 0.1) is 0 Å². The molecule has 4 heteroatoms. The number of fused-ring (bicyclic) bond motifs is 1. The molecular weight excluding hydrogens is 170 g/mol. The number of benzene rings is 1. The molecule has 0 aromatic heterocycles. The van der Waals surface area contributed by atoms with Gasteiger partial charge in [0.1, 0.15) is 30.9 Å². The summed E-state index contributed by atoms with van der Waals surface area (Å²) in [6.07, 6.45) is 0. The summed E-state index contributed by atoms with van der Waals surface area (Å²) < 4.78 is 5.27. The van der Waals surface area contributed by atoms with Crippen molar-refractivity contribution in [3.05, 3.63) is 23.8 Å². The normalized spacial score (nSPS) is 16.8. The topological polar surface area (TPSA) is 51.0 Å². The maximum absolute atomic E-state index is 9.16. The average Bonchev–Trinajstić information content (AvgIpc) is 2.49. The minimum absolute atomic E-state index is 0.192. The van der Waals surface area contributed by atoms with Crippen LogP contribution in [0.25, 0.3) is 0 Å². The number of aromatic hydroxyl groups is 1. The monoisotopic (exact) mass is 179 g/mol. The minimum Gasteiger partial charge on any atom is -0.508 e. The highest BCUT2D eigenvalue weighted by atomic mass is 16.6. The van der Waals surface area contributed by atoms with E-state index < -0.39 is 0 Å². The summed E-state index contributed by atoms with van der Waals surface area (Å²) in [6.45, 7) is 0.395. The van der Waals surface area contributed by atoms with Crippen molar-refractivity contribution < 1.29 is 14.7 Å². The van der Waals surface area contributed by atoms with Crippen LogP contribution in [0.1, 0.15) is 5.56 Å². The van der Waals surface area contributed by atoms with Crippen LogP contribution in [-0.2, 0) is 4.84 Å². The minimum atomic E-state index is 0.192. The van der Waals surface area contributed by atoms with Crippen molar-refractivity contribution in [2.24, 2.45) is 5.16 Å². The fourth-order valence-corrected chi connectivity index (χ4v) is 1.28. The van der Waals surface area contributed by atoms with Crippen molar-refractivity contribution in [1.29, 1.82) is 0 Å². The van der Waals surface area contributed by atoms with Gasteiger partial charge in [-0.15, -0.1) is 0 Å². The summed E-state index contributed by atoms with van der Waals surface area (Å²) in [6, 6.07) is 4.92. The van der Waals surface area contributed by atoms with Crippen LogP contribution in [0.3, 0.4) is 0 Å². The molecule has 0 amide bonds. The Bertz CT molecular complexity index is 360. The highest BCUT2D eigenvalue weighted by Gasteiger charge is 2.19. The molecule has 0 spiro atoms. The first-order valence-electron chi connectivity index (χ1n) is 3.87. The van der Waals surface area contributed by atoms with Gasteiger partial charge in [0.25, 0.3) is 0 Å². The number of hydrogen-bond acceptors (Lipinski definition) is 4. The fraction of sp³-hybridized carbons (Fsp3) is 0.222. The van der Waals surface area contributed by atoms with Gasteiger partial charge in [-0.3, -0.25) is 0 Å². The maximum atomic E-state index is 9.16. The molecule has 0 fully saturated rings. The van der Waals surface area contributed by atoms with Gasteiger partial charge >= 0.3 is 0 Å². The first kappa shape index (κ1) is 7.91. The number of rotatable bonds is 1. The largest absolute Gasteiger partial charge is 0.508 e. The maximum Gasteiger partial charge on any atom is 0.134 e. The van der Waals surface area contributed by atoms with Crippen molar-refractivity contribution in [3.8, 4) is 11.5 Å². The molecule has 0 saturated carbocycles. The molecule has 1 aromatic rings. The standard InChI is InChI=1S/C9H9NO3/c1-12-10-8-5-13-9-4-6(11)2-3-7(8)9/h2-4,11H,5H2,1H3/b10-8+. The molecule has 0 radical (unpaired) electrons. The van der Waals surface area contributed by atoms with E-state index in [1.165, 1.54) is 7.11 Å². The molecule has 1 aromatic carbocycles. The van der Waals surface area contributed by atoms with Crippen molar-refractivity contribution in [2.75, 3.05) is 13.7 Å². The molecule has 68 valence electrons. The predicted octanol–water partition coefficient (Wildman–Crippen LogP) is 1.14. The van der Waals surface area contributed by atoms with Crippen LogP contribution in [0.15, 0.2) is 23.4 Å². The van der Waals surface area contributed by atoms with Crippen LogP contribution in [-0.4, -0.2) is 24.5 Å². The summed E-state index contributed by atoms with van der Waals surface area (Å²) in [7, 11) is 1.49. The molecule has 4 nitrogen and oxygen atoms in total. The molecule has 2 rings (SSSR count). The quantitative estimate of drug-likeness (QED) is 0.657. The summed E-state index contributed by atoms with van der Waals surface area (Å²) in [5, 5.41) is 13.0. The number of nitrogens with zero attached hydrogens (tertiary/aromatic N) is 1. The third-order valence-corrected chi connectivity index (χ3v) is 1.84. The molecule has 0 aliphatic carbocycles. The van der Waals surface area contributed by atoms with Gasteiger partial charge < -0.3 is 14.7 Å². The molecular formula is C9H9NO3. The van der Waals surface area contributed by atoms with E-state index in [0.29, 0.717) is 12.4 Å². The Kier molecular flexibility index (Phi) is 1.81. The van der Waals surface area contributed by atoms with Crippen molar-refractivity contribution in [3.63, 3.8) is 0 Å². The molecule has 1 N–H and O–H groups in total. The van der Waals surface area contributed by atoms with E-state index in [1.54, 1.807) is 18.2 Å². The molecule has 1 aliphatic rings. The SMILES string of the molecule is CO/N=C1\COc2cc(O)ccc21. The zero-order valence-corrected chi connectivity index (χ0v) is 7.15. The number of hydrogen-bond donors (Lipinski definition) is 1. The van der Waals surface area contributed by atoms with E-state index in [2.05, 4.69) is 9.99 Å². The van der Waals surface area contributed by atoms with Gasteiger partial charge in [0.15, 0.2) is 0 Å². The Hall–Kier alpha value is -1.71. The van der Waals surface area contributed by atoms with Crippen molar-refractivity contribution >= 4 is 5.71 Å². The van der Waals surface area contributed by atoms with E-state index in [4.69, 9.17) is 9.84 Å². The molecule has 1 heterocycles. The second-order valence-electron chi connectivity index (χ2n) is 2.69. The van der Waals surface area contributed by atoms with Crippen LogP contribution in [0.2, 0.25) is 0 Å². The summed E-state index contributed by atoms with van der Waals surface area (Å²) in [5.74, 6) is 0.841. The number of oxime groups is 1. The second kappa shape index (κ2) is 2.97. The summed E-state index contributed by atoms with van der Waals surface area (Å²) in [4.78, 5) is 4.66. The van der Waals surface area contributed by atoms with E-state index in [9.17, 15) is 0 Å². The van der Waals surface area contributed by atoms with Crippen LogP contribution < -0.4 is 4.74 Å². The lowest BCUT2D eigenvalue weighted by Crippen LogP contribution is -2.02. The predicted molar refractivity (Wildman–Crippen MR) is 47.1 cm³/mol. The Morgan fingerprint density at radius 3 is 3.15 bits per heavy atom. The van der Waals surface area contributed by atoms with Crippen molar-refractivity contribution in [2.45, 2.75) is 0 Å². The number of ether oxygens (including phenoxy) is 1.